The van der Waals surface area contributed by atoms with Crippen LogP contribution in [-0.4, -0.2) is 11.8 Å². The molecule has 2 nitrogen and oxygen atoms in total. The summed E-state index contributed by atoms with van der Waals surface area (Å²) in [5, 5.41) is 17.8. The first-order valence-electron chi connectivity index (χ1n) is 4.94. The maximum atomic E-state index is 8.98. The van der Waals surface area contributed by atoms with E-state index < -0.39 is 0 Å². The fraction of sp³-hybridized carbons (Fsp3) is 0.364. The number of aliphatic hydroxyl groups excluding tert-OH is 1. The van der Waals surface area contributed by atoms with Gasteiger partial charge in [-0.15, -0.1) is 0 Å². The van der Waals surface area contributed by atoms with E-state index in [1.807, 2.05) is 12.1 Å². The van der Waals surface area contributed by atoms with E-state index >= 15 is 0 Å². The van der Waals surface area contributed by atoms with E-state index in [0.717, 1.165) is 24.6 Å². The van der Waals surface area contributed by atoms with Crippen molar-refractivity contribution in [2.24, 2.45) is 0 Å². The number of aryl methyl sites for hydroxylation is 1. The summed E-state index contributed by atoms with van der Waals surface area (Å²) in [4.78, 5) is 0. The Morgan fingerprint density at radius 2 is 2.29 bits per heavy atom. The molecule has 0 fully saturated rings. The smallest absolute Gasteiger partial charge is 0.272 e. The van der Waals surface area contributed by atoms with E-state index in [0.29, 0.717) is 0 Å². The molecule has 0 atom stereocenters. The molecule has 2 rings (SSSR count). The fourth-order valence-corrected chi connectivity index (χ4v) is 2.02. The van der Waals surface area contributed by atoms with Crippen molar-refractivity contribution in [3.63, 3.8) is 0 Å². The number of hydrogen-bond donors (Lipinski definition) is 1. The van der Waals surface area contributed by atoms with Crippen molar-refractivity contribution in [1.29, 1.82) is 5.26 Å². The third-order valence-corrected chi connectivity index (χ3v) is 2.86. The van der Waals surface area contributed by atoms with E-state index in [-0.39, 0.29) is 13.3 Å². The van der Waals surface area contributed by atoms with Crippen LogP contribution in [0.4, 0.5) is 0 Å². The molecule has 0 saturated heterocycles. The maximum absolute atomic E-state index is 8.98. The number of aliphatic hydroxyl groups is 1. The van der Waals surface area contributed by atoms with E-state index in [9.17, 15) is 0 Å². The van der Waals surface area contributed by atoms with Crippen LogP contribution in [-0.2, 0) is 19.3 Å². The minimum atomic E-state index is 0.106. The number of hydrogen-bond acceptors (Lipinski definition) is 2. The van der Waals surface area contributed by atoms with Crippen LogP contribution >= 0.6 is 0 Å². The van der Waals surface area contributed by atoms with Gasteiger partial charge in [-0.05, 0) is 23.9 Å². The van der Waals surface area contributed by atoms with Crippen LogP contribution in [0.5, 0.6) is 0 Å². The molecule has 1 aliphatic heterocycles. The maximum Gasteiger partial charge on any atom is 0.272 e. The second-order valence-corrected chi connectivity index (χ2v) is 3.83. The second kappa shape index (κ2) is 3.85. The quantitative estimate of drug-likeness (QED) is 0.671. The molecule has 0 saturated carbocycles. The predicted molar refractivity (Wildman–Crippen MR) is 55.9 cm³/mol. The summed E-state index contributed by atoms with van der Waals surface area (Å²) in [7, 11) is 0. The Morgan fingerprint density at radius 1 is 1.43 bits per heavy atom. The molecular formula is C11H12BNO. The molecular weight excluding hydrogens is 173 g/mol. The van der Waals surface area contributed by atoms with Gasteiger partial charge in [-0.3, -0.25) is 0 Å². The van der Waals surface area contributed by atoms with Crippen LogP contribution in [0.1, 0.15) is 16.7 Å². The molecule has 0 bridgehead atoms. The lowest BCUT2D eigenvalue weighted by Gasteiger charge is -2.18. The molecule has 70 valence electrons. The SMILES string of the molecule is N#CB1CCc2cc(CO)ccc2C1. The molecule has 0 unspecified atom stereocenters. The summed E-state index contributed by atoms with van der Waals surface area (Å²) in [6.45, 7) is 0.289. The largest absolute Gasteiger partial charge is 0.392 e. The van der Waals surface area contributed by atoms with Gasteiger partial charge in [0.25, 0.3) is 6.71 Å². The highest BCUT2D eigenvalue weighted by Crippen LogP contribution is 2.22. The van der Waals surface area contributed by atoms with Crippen molar-refractivity contribution in [2.75, 3.05) is 0 Å². The lowest BCUT2D eigenvalue weighted by molar-refractivity contribution is 0.281. The molecule has 0 radical (unpaired) electrons. The number of rotatable bonds is 1. The summed E-state index contributed by atoms with van der Waals surface area (Å²) >= 11 is 0. The third kappa shape index (κ3) is 1.66. The lowest BCUT2D eigenvalue weighted by atomic mass is 9.42. The Hall–Kier alpha value is -1.27. The topological polar surface area (TPSA) is 44.0 Å². The van der Waals surface area contributed by atoms with Gasteiger partial charge in [0.2, 0.25) is 0 Å². The van der Waals surface area contributed by atoms with Crippen molar-refractivity contribution in [2.45, 2.75) is 25.7 Å². The third-order valence-electron chi connectivity index (χ3n) is 2.86. The van der Waals surface area contributed by atoms with E-state index in [1.54, 1.807) is 0 Å². The van der Waals surface area contributed by atoms with Gasteiger partial charge in [-0.25, -0.2) is 5.26 Å². The Kier molecular flexibility index (Phi) is 2.56. The van der Waals surface area contributed by atoms with Gasteiger partial charge in [-0.2, -0.15) is 0 Å². The molecule has 14 heavy (non-hydrogen) atoms. The van der Waals surface area contributed by atoms with Crippen molar-refractivity contribution >= 4 is 6.71 Å². The van der Waals surface area contributed by atoms with E-state index in [1.165, 1.54) is 11.1 Å². The Labute approximate surface area is 84.3 Å². The van der Waals surface area contributed by atoms with Gasteiger partial charge < -0.3 is 5.11 Å². The van der Waals surface area contributed by atoms with Crippen LogP contribution in [0.25, 0.3) is 0 Å². The Bertz CT molecular complexity index is 383. The van der Waals surface area contributed by atoms with Crippen LogP contribution < -0.4 is 0 Å². The summed E-state index contributed by atoms with van der Waals surface area (Å²) < 4.78 is 0. The second-order valence-electron chi connectivity index (χ2n) is 3.83. The van der Waals surface area contributed by atoms with Crippen molar-refractivity contribution < 1.29 is 5.11 Å². The van der Waals surface area contributed by atoms with Crippen LogP contribution in [0.2, 0.25) is 6.32 Å². The number of nitriles is 1. The minimum Gasteiger partial charge on any atom is -0.392 e. The predicted octanol–water partition coefficient (Wildman–Crippen LogP) is 1.37. The van der Waals surface area contributed by atoms with E-state index in [4.69, 9.17) is 10.4 Å². The molecule has 1 aromatic rings. The number of nitrogens with zero attached hydrogens (tertiary/aromatic N) is 1. The number of benzene rings is 1. The Balaban J connectivity index is 2.29. The molecule has 0 aliphatic carbocycles. The zero-order valence-corrected chi connectivity index (χ0v) is 8.03. The monoisotopic (exact) mass is 185 g/mol. The molecule has 0 spiro atoms. The summed E-state index contributed by atoms with van der Waals surface area (Å²) in [5.74, 6) is 2.32. The molecule has 3 heteroatoms. The molecule has 0 aromatic heterocycles. The average Bonchev–Trinajstić information content (AvgIpc) is 2.27. The van der Waals surface area contributed by atoms with Gasteiger partial charge in [0, 0.05) is 5.97 Å². The van der Waals surface area contributed by atoms with Gasteiger partial charge in [0.15, 0.2) is 0 Å². The molecule has 1 aliphatic rings. The van der Waals surface area contributed by atoms with Gasteiger partial charge in [0.05, 0.1) is 6.61 Å². The van der Waals surface area contributed by atoms with E-state index in [2.05, 4.69) is 12.0 Å². The minimum absolute atomic E-state index is 0.106. The highest BCUT2D eigenvalue weighted by molar-refractivity contribution is 6.66. The van der Waals surface area contributed by atoms with Crippen molar-refractivity contribution in [1.82, 2.24) is 0 Å². The molecule has 0 amide bonds. The zero-order valence-electron chi connectivity index (χ0n) is 8.03. The van der Waals surface area contributed by atoms with Gasteiger partial charge >= 0.3 is 0 Å². The molecule has 1 N–H and O–H groups in total. The normalized spacial score (nSPS) is 14.7. The Morgan fingerprint density at radius 3 is 3.00 bits per heavy atom. The van der Waals surface area contributed by atoms with Crippen LogP contribution in [0.3, 0.4) is 0 Å². The van der Waals surface area contributed by atoms with Crippen LogP contribution in [0, 0.1) is 11.2 Å². The van der Waals surface area contributed by atoms with Gasteiger partial charge in [-0.1, -0.05) is 30.1 Å². The first kappa shape index (κ1) is 9.30. The molecule has 1 aromatic carbocycles. The highest BCUT2D eigenvalue weighted by Gasteiger charge is 2.21. The average molecular weight is 185 g/mol. The lowest BCUT2D eigenvalue weighted by Crippen LogP contribution is -2.21. The highest BCUT2D eigenvalue weighted by atomic mass is 16.3. The van der Waals surface area contributed by atoms with Gasteiger partial charge in [0.1, 0.15) is 0 Å². The zero-order chi connectivity index (χ0) is 9.97. The first-order valence-corrected chi connectivity index (χ1v) is 4.94. The van der Waals surface area contributed by atoms with Crippen molar-refractivity contribution in [3.05, 3.63) is 34.9 Å². The standard InChI is InChI=1S/C11H12BNO/c13-8-12-4-3-10-5-9(7-14)1-2-11(10)6-12/h1-2,5,14H,3-4,6-7H2. The molecule has 1 heterocycles. The fourth-order valence-electron chi connectivity index (χ4n) is 2.02. The summed E-state index contributed by atoms with van der Waals surface area (Å²) in [6.07, 6.45) is 2.80. The van der Waals surface area contributed by atoms with Crippen molar-refractivity contribution in [3.8, 4) is 5.97 Å². The first-order chi connectivity index (χ1) is 6.83. The van der Waals surface area contributed by atoms with Crippen LogP contribution in [0.15, 0.2) is 18.2 Å². The number of fused-ring (bicyclic) bond motifs is 1. The summed E-state index contributed by atoms with van der Waals surface area (Å²) in [5.41, 5.74) is 3.56. The summed E-state index contributed by atoms with van der Waals surface area (Å²) in [6, 6.07) is 6.05.